The zero-order chi connectivity index (χ0) is 18.3. The minimum absolute atomic E-state index is 0.275. The maximum atomic E-state index is 10.5. The van der Waals surface area contributed by atoms with E-state index in [9.17, 15) is 5.11 Å². The Morgan fingerprint density at radius 1 is 1.28 bits per heavy atom. The second-order valence-corrected chi connectivity index (χ2v) is 6.18. The quantitative estimate of drug-likeness (QED) is 0.523. The number of hydrogen-bond donors (Lipinski definition) is 3. The van der Waals surface area contributed by atoms with Crippen molar-refractivity contribution in [3.05, 3.63) is 48.0 Å². The van der Waals surface area contributed by atoms with E-state index in [0.717, 1.165) is 18.1 Å². The third-order valence-corrected chi connectivity index (χ3v) is 3.65. The molecule has 0 spiro atoms. The van der Waals surface area contributed by atoms with Crippen LogP contribution in [0.3, 0.4) is 0 Å². The molecule has 0 amide bonds. The molecule has 2 aromatic rings. The summed E-state index contributed by atoms with van der Waals surface area (Å²) in [5, 5.41) is 16.8. The van der Waals surface area contributed by atoms with Gasteiger partial charge in [-0.2, -0.15) is 0 Å². The molecule has 1 unspecified atom stereocenters. The standard InChI is InChI=1S/C18H27N5O2/c1-5-19-17(21-13-18(2,24)15-9-7-11-25-15)20-12-14-8-6-10-16(22-14)23(3)4/h6-11,24H,5,12-13H2,1-4H3,(H2,19,20,21). The summed E-state index contributed by atoms with van der Waals surface area (Å²) in [7, 11) is 3.91. The topological polar surface area (TPSA) is 85.9 Å². The minimum atomic E-state index is -1.12. The van der Waals surface area contributed by atoms with Crippen LogP contribution in [0.25, 0.3) is 0 Å². The van der Waals surface area contributed by atoms with Crippen molar-refractivity contribution < 1.29 is 9.52 Å². The zero-order valence-electron chi connectivity index (χ0n) is 15.3. The Kier molecular flexibility index (Phi) is 6.41. The molecule has 0 fully saturated rings. The van der Waals surface area contributed by atoms with Gasteiger partial charge in [0.1, 0.15) is 17.2 Å². The number of aliphatic hydroxyl groups is 1. The van der Waals surface area contributed by atoms with Crippen molar-refractivity contribution in [1.82, 2.24) is 15.6 Å². The number of nitrogens with zero attached hydrogens (tertiary/aromatic N) is 3. The molecule has 7 nitrogen and oxygen atoms in total. The molecular formula is C18H27N5O2. The van der Waals surface area contributed by atoms with Crippen LogP contribution >= 0.6 is 0 Å². The number of rotatable bonds is 7. The SMILES string of the molecule is CCNC(=NCc1cccc(N(C)C)n1)NCC(C)(O)c1ccco1. The number of nitrogens with one attached hydrogen (secondary N) is 2. The fourth-order valence-corrected chi connectivity index (χ4v) is 2.23. The fraction of sp³-hybridized carbons (Fsp3) is 0.444. The number of furan rings is 1. The molecule has 2 heterocycles. The second-order valence-electron chi connectivity index (χ2n) is 6.18. The monoisotopic (exact) mass is 345 g/mol. The summed E-state index contributed by atoms with van der Waals surface area (Å²) >= 11 is 0. The van der Waals surface area contributed by atoms with Crippen molar-refractivity contribution in [3.63, 3.8) is 0 Å². The van der Waals surface area contributed by atoms with Crippen molar-refractivity contribution in [2.24, 2.45) is 4.99 Å². The molecule has 0 aliphatic carbocycles. The number of guanidine groups is 1. The molecule has 0 bridgehead atoms. The smallest absolute Gasteiger partial charge is 0.191 e. The largest absolute Gasteiger partial charge is 0.466 e. The number of aliphatic imine (C=N–C) groups is 1. The van der Waals surface area contributed by atoms with Gasteiger partial charge in [0.25, 0.3) is 0 Å². The summed E-state index contributed by atoms with van der Waals surface area (Å²) < 4.78 is 5.29. The summed E-state index contributed by atoms with van der Waals surface area (Å²) in [6.07, 6.45) is 1.55. The van der Waals surface area contributed by atoms with E-state index in [4.69, 9.17) is 4.42 Å². The number of pyridine rings is 1. The third kappa shape index (κ3) is 5.49. The fourth-order valence-electron chi connectivity index (χ4n) is 2.23. The van der Waals surface area contributed by atoms with Crippen LogP contribution in [0.15, 0.2) is 46.0 Å². The van der Waals surface area contributed by atoms with Crippen LogP contribution in [0.1, 0.15) is 25.3 Å². The van der Waals surface area contributed by atoms with Gasteiger partial charge in [-0.1, -0.05) is 6.07 Å². The van der Waals surface area contributed by atoms with Crippen LogP contribution in [-0.4, -0.2) is 43.2 Å². The molecule has 7 heteroatoms. The Morgan fingerprint density at radius 2 is 2.08 bits per heavy atom. The zero-order valence-corrected chi connectivity index (χ0v) is 15.3. The van der Waals surface area contributed by atoms with Gasteiger partial charge in [0.2, 0.25) is 0 Å². The lowest BCUT2D eigenvalue weighted by molar-refractivity contribution is 0.0386. The van der Waals surface area contributed by atoms with Gasteiger partial charge in [0.15, 0.2) is 5.96 Å². The van der Waals surface area contributed by atoms with Gasteiger partial charge in [0.05, 0.1) is 25.0 Å². The Labute approximate surface area is 148 Å². The molecule has 136 valence electrons. The van der Waals surface area contributed by atoms with Crippen LogP contribution < -0.4 is 15.5 Å². The number of anilines is 1. The Morgan fingerprint density at radius 3 is 2.72 bits per heavy atom. The van der Waals surface area contributed by atoms with Crippen LogP contribution in [0.2, 0.25) is 0 Å². The summed E-state index contributed by atoms with van der Waals surface area (Å²) in [6.45, 7) is 5.13. The molecule has 0 saturated heterocycles. The average molecular weight is 345 g/mol. The normalized spacial score (nSPS) is 14.0. The molecule has 0 aliphatic heterocycles. The summed E-state index contributed by atoms with van der Waals surface area (Å²) in [6, 6.07) is 9.38. The highest BCUT2D eigenvalue weighted by Crippen LogP contribution is 2.19. The van der Waals surface area contributed by atoms with E-state index in [2.05, 4.69) is 20.6 Å². The maximum Gasteiger partial charge on any atom is 0.191 e. The Balaban J connectivity index is 2.02. The van der Waals surface area contributed by atoms with E-state index >= 15 is 0 Å². The van der Waals surface area contributed by atoms with Gasteiger partial charge in [-0.3, -0.25) is 0 Å². The molecule has 0 saturated carbocycles. The van der Waals surface area contributed by atoms with E-state index < -0.39 is 5.60 Å². The van der Waals surface area contributed by atoms with Crippen molar-refractivity contribution in [2.45, 2.75) is 26.0 Å². The van der Waals surface area contributed by atoms with Crippen LogP contribution in [0.4, 0.5) is 5.82 Å². The van der Waals surface area contributed by atoms with E-state index in [0.29, 0.717) is 18.3 Å². The van der Waals surface area contributed by atoms with Gasteiger partial charge in [-0.15, -0.1) is 0 Å². The van der Waals surface area contributed by atoms with Gasteiger partial charge < -0.3 is 25.1 Å². The number of hydrogen-bond acceptors (Lipinski definition) is 5. The van der Waals surface area contributed by atoms with Gasteiger partial charge in [0, 0.05) is 20.6 Å². The van der Waals surface area contributed by atoms with E-state index in [-0.39, 0.29) is 6.54 Å². The molecule has 2 rings (SSSR count). The molecular weight excluding hydrogens is 318 g/mol. The predicted molar refractivity (Wildman–Crippen MR) is 99.7 cm³/mol. The average Bonchev–Trinajstić information content (AvgIpc) is 3.13. The van der Waals surface area contributed by atoms with Crippen molar-refractivity contribution in [1.29, 1.82) is 0 Å². The molecule has 2 aromatic heterocycles. The number of aromatic nitrogens is 1. The summed E-state index contributed by atoms with van der Waals surface area (Å²) in [5.41, 5.74) is -0.246. The van der Waals surface area contributed by atoms with Crippen molar-refractivity contribution in [3.8, 4) is 0 Å². The maximum absolute atomic E-state index is 10.5. The van der Waals surface area contributed by atoms with Crippen molar-refractivity contribution in [2.75, 3.05) is 32.1 Å². The first-order valence-electron chi connectivity index (χ1n) is 8.34. The highest BCUT2D eigenvalue weighted by molar-refractivity contribution is 5.79. The summed E-state index contributed by atoms with van der Waals surface area (Å²) in [4.78, 5) is 11.0. The summed E-state index contributed by atoms with van der Waals surface area (Å²) in [5.74, 6) is 2.02. The first-order valence-corrected chi connectivity index (χ1v) is 8.34. The molecule has 1 atom stereocenters. The lowest BCUT2D eigenvalue weighted by Crippen LogP contribution is -2.44. The third-order valence-electron chi connectivity index (χ3n) is 3.65. The molecule has 0 aromatic carbocycles. The van der Waals surface area contributed by atoms with Crippen LogP contribution in [-0.2, 0) is 12.1 Å². The van der Waals surface area contributed by atoms with Crippen LogP contribution in [0.5, 0.6) is 0 Å². The lowest BCUT2D eigenvalue weighted by atomic mass is 10.0. The van der Waals surface area contributed by atoms with Crippen molar-refractivity contribution >= 4 is 11.8 Å². The van der Waals surface area contributed by atoms with Gasteiger partial charge in [-0.05, 0) is 38.1 Å². The van der Waals surface area contributed by atoms with Gasteiger partial charge >= 0.3 is 0 Å². The lowest BCUT2D eigenvalue weighted by Gasteiger charge is -2.22. The van der Waals surface area contributed by atoms with E-state index in [1.54, 1.807) is 25.3 Å². The Hall–Kier alpha value is -2.54. The molecule has 25 heavy (non-hydrogen) atoms. The molecule has 0 aliphatic rings. The highest BCUT2D eigenvalue weighted by atomic mass is 16.4. The van der Waals surface area contributed by atoms with E-state index in [1.165, 1.54) is 0 Å². The minimum Gasteiger partial charge on any atom is -0.466 e. The predicted octanol–water partition coefficient (Wildman–Crippen LogP) is 1.70. The Bertz CT molecular complexity index is 681. The van der Waals surface area contributed by atoms with Gasteiger partial charge in [-0.25, -0.2) is 9.98 Å². The second kappa shape index (κ2) is 8.53. The first-order chi connectivity index (χ1) is 11.9. The van der Waals surface area contributed by atoms with Crippen LogP contribution in [0, 0.1) is 0 Å². The first kappa shape index (κ1) is 18.8. The molecule has 3 N–H and O–H groups in total. The molecule has 0 radical (unpaired) electrons. The highest BCUT2D eigenvalue weighted by Gasteiger charge is 2.26. The van der Waals surface area contributed by atoms with E-state index in [1.807, 2.05) is 44.1 Å².